The number of hydrogen-bond acceptors (Lipinski definition) is 3. The van der Waals surface area contributed by atoms with Gasteiger partial charge in [-0.15, -0.1) is 0 Å². The van der Waals surface area contributed by atoms with Crippen LogP contribution in [0.15, 0.2) is 77.7 Å². The lowest BCUT2D eigenvalue weighted by atomic mass is 10.2. The van der Waals surface area contributed by atoms with E-state index in [0.717, 1.165) is 23.4 Å². The third-order valence-corrected chi connectivity index (χ3v) is 4.41. The Bertz CT molecular complexity index is 990. The summed E-state index contributed by atoms with van der Waals surface area (Å²) >= 11 is 5.88. The van der Waals surface area contributed by atoms with Crippen molar-refractivity contribution in [1.29, 1.82) is 0 Å². The zero-order valence-corrected chi connectivity index (χ0v) is 16.8. The van der Waals surface area contributed by atoms with Gasteiger partial charge in [-0.25, -0.2) is 0 Å². The van der Waals surface area contributed by atoms with Gasteiger partial charge in [0, 0.05) is 29.5 Å². The number of hydrogen-bond donors (Lipinski definition) is 0. The summed E-state index contributed by atoms with van der Waals surface area (Å²) in [6.07, 6.45) is 5.91. The lowest BCUT2D eigenvalue weighted by Gasteiger charge is -2.09. The van der Waals surface area contributed by atoms with Gasteiger partial charge in [0.25, 0.3) is 5.56 Å². The molecule has 0 N–H and O–H groups in total. The van der Waals surface area contributed by atoms with Crippen LogP contribution in [0.5, 0.6) is 5.75 Å². The van der Waals surface area contributed by atoms with Gasteiger partial charge in [0.1, 0.15) is 12.4 Å². The lowest BCUT2D eigenvalue weighted by molar-refractivity contribution is 0.305. The molecule has 0 spiro atoms. The number of pyridine rings is 1. The van der Waals surface area contributed by atoms with Gasteiger partial charge in [-0.3, -0.25) is 9.36 Å². The minimum atomic E-state index is -0.135. The molecule has 1 aromatic heterocycles. The van der Waals surface area contributed by atoms with Crippen LogP contribution in [0.25, 0.3) is 11.8 Å². The molecule has 0 aliphatic rings. The fraction of sp³-hybridized carbons (Fsp3) is 0.174. The van der Waals surface area contributed by atoms with Gasteiger partial charge in [0.05, 0.1) is 0 Å². The molecule has 4 nitrogen and oxygen atoms in total. The molecular weight excluding hydrogens is 372 g/mol. The average molecular weight is 395 g/mol. The molecule has 0 aliphatic heterocycles. The van der Waals surface area contributed by atoms with E-state index in [9.17, 15) is 4.79 Å². The number of halogens is 1. The molecule has 0 aliphatic carbocycles. The van der Waals surface area contributed by atoms with Crippen LogP contribution in [-0.4, -0.2) is 30.1 Å². The summed E-state index contributed by atoms with van der Waals surface area (Å²) in [7, 11) is 4.06. The van der Waals surface area contributed by atoms with E-state index in [4.69, 9.17) is 16.3 Å². The molecule has 0 fully saturated rings. The van der Waals surface area contributed by atoms with Gasteiger partial charge in [0.15, 0.2) is 0 Å². The molecule has 0 saturated heterocycles. The molecule has 0 amide bonds. The van der Waals surface area contributed by atoms with Gasteiger partial charge < -0.3 is 9.64 Å². The normalized spacial score (nSPS) is 11.3. The lowest BCUT2D eigenvalue weighted by Crippen LogP contribution is -2.16. The third-order valence-electron chi connectivity index (χ3n) is 4.16. The molecule has 2 aromatic carbocycles. The quantitative estimate of drug-likeness (QED) is 0.585. The van der Waals surface area contributed by atoms with Crippen molar-refractivity contribution in [2.24, 2.45) is 0 Å². The molecule has 0 unspecified atom stereocenters. The van der Waals surface area contributed by atoms with Crippen molar-refractivity contribution in [1.82, 2.24) is 9.47 Å². The number of nitrogens with zero attached hydrogens (tertiary/aromatic N) is 2. The minimum absolute atomic E-state index is 0.135. The van der Waals surface area contributed by atoms with Crippen molar-refractivity contribution in [3.05, 3.63) is 99.4 Å². The van der Waals surface area contributed by atoms with Gasteiger partial charge in [-0.05, 0) is 55.6 Å². The smallest absolute Gasteiger partial charge is 0.258 e. The van der Waals surface area contributed by atoms with E-state index in [1.165, 1.54) is 6.07 Å². The van der Waals surface area contributed by atoms with Crippen LogP contribution in [0.4, 0.5) is 0 Å². The second kappa shape index (κ2) is 9.40. The maximum atomic E-state index is 12.5. The molecule has 5 heteroatoms. The fourth-order valence-corrected chi connectivity index (χ4v) is 2.78. The van der Waals surface area contributed by atoms with Gasteiger partial charge in [-0.2, -0.15) is 0 Å². The number of ether oxygens (including phenoxy) is 1. The summed E-state index contributed by atoms with van der Waals surface area (Å²) in [6, 6.07) is 18.6. The second-order valence-electron chi connectivity index (χ2n) is 6.74. The maximum absolute atomic E-state index is 12.5. The first-order chi connectivity index (χ1) is 13.5. The highest BCUT2D eigenvalue weighted by atomic mass is 35.5. The first kappa shape index (κ1) is 19.9. The summed E-state index contributed by atoms with van der Waals surface area (Å²) in [4.78, 5) is 14.6. The highest BCUT2D eigenvalue weighted by molar-refractivity contribution is 6.30. The average Bonchev–Trinajstić information content (AvgIpc) is 2.68. The van der Waals surface area contributed by atoms with E-state index in [0.29, 0.717) is 17.4 Å². The van der Waals surface area contributed by atoms with Crippen molar-refractivity contribution >= 4 is 17.7 Å². The molecule has 3 aromatic rings. The number of benzene rings is 2. The van der Waals surface area contributed by atoms with Crippen LogP contribution in [0.3, 0.4) is 0 Å². The Kier molecular flexibility index (Phi) is 6.69. The van der Waals surface area contributed by atoms with Crippen LogP contribution >= 0.6 is 11.6 Å². The Morgan fingerprint density at radius 2 is 1.75 bits per heavy atom. The highest BCUT2D eigenvalue weighted by Gasteiger charge is 2.03. The summed E-state index contributed by atoms with van der Waals surface area (Å²) in [5.74, 6) is 0.541. The fourth-order valence-electron chi connectivity index (χ4n) is 2.66. The van der Waals surface area contributed by atoms with Gasteiger partial charge in [0.2, 0.25) is 0 Å². The van der Waals surface area contributed by atoms with Crippen molar-refractivity contribution in [2.75, 3.05) is 20.6 Å². The zero-order valence-electron chi connectivity index (χ0n) is 16.0. The van der Waals surface area contributed by atoms with Crippen LogP contribution in [0.1, 0.15) is 11.1 Å². The van der Waals surface area contributed by atoms with E-state index in [-0.39, 0.29) is 5.56 Å². The predicted octanol–water partition coefficient (Wildman–Crippen LogP) is 4.64. The SMILES string of the molecule is CN(C)CC=Cc1ccc(-n2ccc(OCc3ccc(Cl)cc3)cc2=O)cc1. The number of rotatable bonds is 7. The van der Waals surface area contributed by atoms with Crippen molar-refractivity contribution < 1.29 is 4.74 Å². The standard InChI is InChI=1S/C23H23ClN2O2/c1-25(2)14-3-4-18-7-11-21(12-8-18)26-15-13-22(16-23(26)27)28-17-19-5-9-20(24)10-6-19/h3-13,15-16H,14,17H2,1-2H3. The number of aromatic nitrogens is 1. The van der Waals surface area contributed by atoms with Gasteiger partial charge >= 0.3 is 0 Å². The third kappa shape index (κ3) is 5.59. The molecule has 0 radical (unpaired) electrons. The molecule has 144 valence electrons. The Balaban J connectivity index is 1.67. The highest BCUT2D eigenvalue weighted by Crippen LogP contribution is 2.15. The molecule has 28 heavy (non-hydrogen) atoms. The Morgan fingerprint density at radius 1 is 1.04 bits per heavy atom. The molecule has 0 saturated carbocycles. The van der Waals surface area contributed by atoms with Crippen LogP contribution in [0.2, 0.25) is 5.02 Å². The van der Waals surface area contributed by atoms with Crippen LogP contribution in [-0.2, 0) is 6.61 Å². The summed E-state index contributed by atoms with van der Waals surface area (Å²) < 4.78 is 7.32. The van der Waals surface area contributed by atoms with E-state index in [1.54, 1.807) is 16.8 Å². The second-order valence-corrected chi connectivity index (χ2v) is 7.18. The zero-order chi connectivity index (χ0) is 19.9. The topological polar surface area (TPSA) is 34.5 Å². The van der Waals surface area contributed by atoms with E-state index in [1.807, 2.05) is 62.6 Å². The van der Waals surface area contributed by atoms with Crippen LogP contribution in [0, 0.1) is 0 Å². The summed E-state index contributed by atoms with van der Waals surface area (Å²) in [6.45, 7) is 1.27. The minimum Gasteiger partial charge on any atom is -0.489 e. The van der Waals surface area contributed by atoms with E-state index >= 15 is 0 Å². The molecule has 3 rings (SSSR count). The maximum Gasteiger partial charge on any atom is 0.258 e. The monoisotopic (exact) mass is 394 g/mol. The first-order valence-corrected chi connectivity index (χ1v) is 9.41. The molecule has 0 bridgehead atoms. The van der Waals surface area contributed by atoms with E-state index < -0.39 is 0 Å². The molecular formula is C23H23ClN2O2. The molecule has 1 heterocycles. The first-order valence-electron chi connectivity index (χ1n) is 9.03. The Labute approximate surface area is 170 Å². The van der Waals surface area contributed by atoms with E-state index in [2.05, 4.69) is 17.1 Å². The predicted molar refractivity (Wildman–Crippen MR) is 115 cm³/mol. The molecule has 0 atom stereocenters. The van der Waals surface area contributed by atoms with Crippen molar-refractivity contribution in [3.8, 4) is 11.4 Å². The Hall–Kier alpha value is -2.82. The van der Waals surface area contributed by atoms with Gasteiger partial charge in [-0.1, -0.05) is 48.0 Å². The number of likely N-dealkylation sites (N-methyl/N-ethyl adjacent to an activating group) is 1. The van der Waals surface area contributed by atoms with Crippen LogP contribution < -0.4 is 10.3 Å². The van der Waals surface area contributed by atoms with Crippen molar-refractivity contribution in [3.63, 3.8) is 0 Å². The largest absolute Gasteiger partial charge is 0.489 e. The Morgan fingerprint density at radius 3 is 2.39 bits per heavy atom. The summed E-state index contributed by atoms with van der Waals surface area (Å²) in [5, 5.41) is 0.686. The van der Waals surface area contributed by atoms with Crippen molar-refractivity contribution in [2.45, 2.75) is 6.61 Å². The summed E-state index contributed by atoms with van der Waals surface area (Å²) in [5.41, 5.74) is 2.77.